The zero-order valence-electron chi connectivity index (χ0n) is 17.6. The summed E-state index contributed by atoms with van der Waals surface area (Å²) in [5, 5.41) is 10.9. The molecule has 0 aliphatic carbocycles. The average molecular weight is 459 g/mol. The van der Waals surface area contributed by atoms with Gasteiger partial charge in [-0.25, -0.2) is 8.96 Å². The van der Waals surface area contributed by atoms with Crippen molar-refractivity contribution in [1.29, 1.82) is 0 Å². The van der Waals surface area contributed by atoms with Gasteiger partial charge >= 0.3 is 0 Å². The maximum atomic E-state index is 14.7. The smallest absolute Gasteiger partial charge is 0.258 e. The highest BCUT2D eigenvalue weighted by Gasteiger charge is 2.42. The Balaban J connectivity index is 1.59. The molecule has 4 aromatic rings. The molecule has 0 fully saturated rings. The van der Waals surface area contributed by atoms with Gasteiger partial charge in [-0.2, -0.15) is 0 Å². The third kappa shape index (κ3) is 3.93. The Morgan fingerprint density at radius 2 is 1.76 bits per heavy atom. The van der Waals surface area contributed by atoms with Crippen molar-refractivity contribution in [3.05, 3.63) is 101 Å². The van der Waals surface area contributed by atoms with Crippen LogP contribution in [0.3, 0.4) is 0 Å². The number of fused-ring (bicyclic) bond motifs is 1. The Morgan fingerprint density at radius 1 is 1.00 bits per heavy atom. The van der Waals surface area contributed by atoms with Gasteiger partial charge in [0.2, 0.25) is 0 Å². The highest BCUT2D eigenvalue weighted by Crippen LogP contribution is 2.43. The molecule has 2 heterocycles. The molecule has 8 heteroatoms. The predicted octanol–water partition coefficient (Wildman–Crippen LogP) is 4.68. The first-order valence-corrected chi connectivity index (χ1v) is 11.2. The zero-order chi connectivity index (χ0) is 22.9. The lowest BCUT2D eigenvalue weighted by Gasteiger charge is -2.31. The number of hydrogen-bond acceptors (Lipinski definition) is 5. The van der Waals surface area contributed by atoms with Gasteiger partial charge in [-0.3, -0.25) is 9.59 Å². The van der Waals surface area contributed by atoms with E-state index in [1.54, 1.807) is 48.5 Å². The number of nitrogens with one attached hydrogen (secondary N) is 1. The molecule has 1 aromatic heterocycles. The van der Waals surface area contributed by atoms with E-state index in [0.717, 1.165) is 11.1 Å². The number of aryl methyl sites for hydroxylation is 1. The number of carbonyl (C=O) groups is 2. The summed E-state index contributed by atoms with van der Waals surface area (Å²) >= 11 is 1.21. The summed E-state index contributed by atoms with van der Waals surface area (Å²) in [4.78, 5) is 26.7. The van der Waals surface area contributed by atoms with Crippen molar-refractivity contribution < 1.29 is 14.0 Å². The summed E-state index contributed by atoms with van der Waals surface area (Å²) in [5.74, 6) is -0.891. The molecule has 2 atom stereocenters. The molecular weight excluding hydrogens is 439 g/mol. The Labute approximate surface area is 193 Å². The zero-order valence-corrected chi connectivity index (χ0v) is 18.4. The van der Waals surface area contributed by atoms with Gasteiger partial charge in [-0.15, -0.1) is 10.2 Å². The standard InChI is InChI=1S/C25H19FN4O2S/c1-15-8-7-11-17(14-15)22-28-29-25-30(22)24(32)20(27-23(31)16-9-3-2-4-10-16)21(33-25)18-12-5-6-13-19(18)26/h2-14,20-21H,1H3,(H,27,31). The Hall–Kier alpha value is -3.78. The van der Waals surface area contributed by atoms with Crippen LogP contribution in [0, 0.1) is 12.7 Å². The molecule has 0 bridgehead atoms. The van der Waals surface area contributed by atoms with Crippen LogP contribution in [0.4, 0.5) is 4.39 Å². The molecule has 0 saturated heterocycles. The van der Waals surface area contributed by atoms with Crippen LogP contribution in [0.25, 0.3) is 11.4 Å². The summed E-state index contributed by atoms with van der Waals surface area (Å²) in [5.41, 5.74) is 2.48. The van der Waals surface area contributed by atoms with Gasteiger partial charge in [0.15, 0.2) is 11.0 Å². The summed E-state index contributed by atoms with van der Waals surface area (Å²) in [6.45, 7) is 1.95. The topological polar surface area (TPSA) is 76.9 Å². The maximum absolute atomic E-state index is 14.7. The molecule has 6 nitrogen and oxygen atoms in total. The second-order valence-electron chi connectivity index (χ2n) is 7.73. The Morgan fingerprint density at radius 3 is 2.52 bits per heavy atom. The van der Waals surface area contributed by atoms with Crippen molar-refractivity contribution in [2.24, 2.45) is 0 Å². The van der Waals surface area contributed by atoms with E-state index in [1.807, 2.05) is 31.2 Å². The van der Waals surface area contributed by atoms with Crippen LogP contribution in [0.2, 0.25) is 0 Å². The quantitative estimate of drug-likeness (QED) is 0.481. The third-order valence-corrected chi connectivity index (χ3v) is 6.72. The Kier molecular flexibility index (Phi) is 5.51. The minimum Gasteiger partial charge on any atom is -0.339 e. The Bertz CT molecular complexity index is 1360. The summed E-state index contributed by atoms with van der Waals surface area (Å²) in [6, 6.07) is 21.4. The van der Waals surface area contributed by atoms with E-state index in [-0.39, 0.29) is 0 Å². The van der Waals surface area contributed by atoms with Crippen LogP contribution >= 0.6 is 11.8 Å². The second-order valence-corrected chi connectivity index (χ2v) is 8.84. The monoisotopic (exact) mass is 458 g/mol. The van der Waals surface area contributed by atoms with E-state index in [0.29, 0.717) is 22.1 Å². The summed E-state index contributed by atoms with van der Waals surface area (Å²) < 4.78 is 16.2. The minimum absolute atomic E-state index is 0.320. The van der Waals surface area contributed by atoms with Crippen molar-refractivity contribution in [1.82, 2.24) is 20.1 Å². The van der Waals surface area contributed by atoms with Gasteiger partial charge in [0.1, 0.15) is 11.9 Å². The van der Waals surface area contributed by atoms with Crippen molar-refractivity contribution in [2.45, 2.75) is 23.4 Å². The lowest BCUT2D eigenvalue weighted by Crippen LogP contribution is -2.48. The molecule has 0 saturated carbocycles. The highest BCUT2D eigenvalue weighted by atomic mass is 32.2. The first-order chi connectivity index (χ1) is 16.0. The fourth-order valence-corrected chi connectivity index (χ4v) is 5.10. The predicted molar refractivity (Wildman–Crippen MR) is 124 cm³/mol. The van der Waals surface area contributed by atoms with Crippen molar-refractivity contribution in [2.75, 3.05) is 0 Å². The van der Waals surface area contributed by atoms with Crippen molar-refractivity contribution in [3.63, 3.8) is 0 Å². The second kappa shape index (κ2) is 8.63. The number of halogens is 1. The number of rotatable bonds is 4. The molecule has 3 aromatic carbocycles. The number of carbonyl (C=O) groups excluding carboxylic acids is 2. The molecule has 1 N–H and O–H groups in total. The van der Waals surface area contributed by atoms with Gasteiger partial charge in [0, 0.05) is 16.7 Å². The molecule has 33 heavy (non-hydrogen) atoms. The fraction of sp³-hybridized carbons (Fsp3) is 0.120. The van der Waals surface area contributed by atoms with Gasteiger partial charge in [0.05, 0.1) is 5.25 Å². The van der Waals surface area contributed by atoms with Crippen molar-refractivity contribution >= 4 is 23.6 Å². The van der Waals surface area contributed by atoms with E-state index in [2.05, 4.69) is 15.5 Å². The van der Waals surface area contributed by atoms with Crippen molar-refractivity contribution in [3.8, 4) is 11.4 Å². The van der Waals surface area contributed by atoms with Gasteiger partial charge in [-0.1, -0.05) is 71.9 Å². The number of amides is 1. The van der Waals surface area contributed by atoms with Crippen LogP contribution in [0.15, 0.2) is 84.0 Å². The van der Waals surface area contributed by atoms with Gasteiger partial charge in [-0.05, 0) is 31.2 Å². The van der Waals surface area contributed by atoms with Crippen LogP contribution in [0.5, 0.6) is 0 Å². The summed E-state index contributed by atoms with van der Waals surface area (Å²) in [7, 11) is 0. The molecule has 0 spiro atoms. The third-order valence-electron chi connectivity index (χ3n) is 5.47. The largest absolute Gasteiger partial charge is 0.339 e. The molecule has 1 amide bonds. The number of nitrogens with zero attached hydrogens (tertiary/aromatic N) is 3. The molecular formula is C25H19FN4O2S. The SMILES string of the molecule is Cc1cccc(-c2nnc3n2C(=O)C(NC(=O)c2ccccc2)C(c2ccccc2F)S3)c1. The highest BCUT2D eigenvalue weighted by molar-refractivity contribution is 7.99. The molecule has 0 radical (unpaired) electrons. The van der Waals surface area contributed by atoms with E-state index in [4.69, 9.17) is 0 Å². The maximum Gasteiger partial charge on any atom is 0.258 e. The average Bonchev–Trinajstić information content (AvgIpc) is 3.26. The lowest BCUT2D eigenvalue weighted by molar-refractivity contribution is 0.0789. The van der Waals surface area contributed by atoms with E-state index in [1.165, 1.54) is 22.4 Å². The van der Waals surface area contributed by atoms with Gasteiger partial charge < -0.3 is 5.32 Å². The number of thioether (sulfide) groups is 1. The summed E-state index contributed by atoms with van der Waals surface area (Å²) in [6.07, 6.45) is 0. The normalized spacial score (nSPS) is 17.5. The van der Waals surface area contributed by atoms with E-state index < -0.39 is 28.9 Å². The first kappa shape index (κ1) is 21.1. The number of benzene rings is 3. The van der Waals surface area contributed by atoms with Crippen LogP contribution in [0.1, 0.15) is 31.5 Å². The van der Waals surface area contributed by atoms with E-state index >= 15 is 0 Å². The molecule has 1 aliphatic rings. The molecule has 1 aliphatic heterocycles. The lowest BCUT2D eigenvalue weighted by atomic mass is 10.0. The van der Waals surface area contributed by atoms with Crippen LogP contribution in [-0.4, -0.2) is 32.6 Å². The van der Waals surface area contributed by atoms with Crippen LogP contribution in [-0.2, 0) is 0 Å². The van der Waals surface area contributed by atoms with E-state index in [9.17, 15) is 14.0 Å². The molecule has 2 unspecified atom stereocenters. The number of aromatic nitrogens is 3. The van der Waals surface area contributed by atoms with Gasteiger partial charge in [0.25, 0.3) is 11.8 Å². The molecule has 164 valence electrons. The van der Waals surface area contributed by atoms with Crippen LogP contribution < -0.4 is 5.32 Å². The first-order valence-electron chi connectivity index (χ1n) is 10.4. The minimum atomic E-state index is -1.02. The fourth-order valence-electron chi connectivity index (χ4n) is 3.87. The molecule has 5 rings (SSSR count). The number of hydrogen-bond donors (Lipinski definition) is 1.